The van der Waals surface area contributed by atoms with Gasteiger partial charge in [-0.05, 0) is 34.9 Å². The molecular weight excluding hydrogens is 298 g/mol. The molecule has 3 aromatic carbocycles. The Balaban J connectivity index is 2.03. The molecule has 0 saturated carbocycles. The van der Waals surface area contributed by atoms with Gasteiger partial charge < -0.3 is 10.4 Å². The summed E-state index contributed by atoms with van der Waals surface area (Å²) >= 11 is 0. The second-order valence-electron chi connectivity index (χ2n) is 6.28. The first-order chi connectivity index (χ1) is 11.6. The van der Waals surface area contributed by atoms with Crippen LogP contribution in [0.4, 0.5) is 0 Å². The number of hydrogen-bond donors (Lipinski definition) is 2. The molecule has 1 amide bonds. The van der Waals surface area contributed by atoms with Gasteiger partial charge in [0.1, 0.15) is 5.75 Å². The Hall–Kier alpha value is -2.81. The Morgan fingerprint density at radius 1 is 0.917 bits per heavy atom. The molecule has 0 aliphatic heterocycles. The molecule has 0 spiro atoms. The van der Waals surface area contributed by atoms with Crippen LogP contribution in [0, 0.1) is 5.92 Å². The predicted molar refractivity (Wildman–Crippen MR) is 97.1 cm³/mol. The lowest BCUT2D eigenvalue weighted by atomic mass is 9.90. The molecule has 3 rings (SSSR count). The van der Waals surface area contributed by atoms with Crippen LogP contribution in [-0.4, -0.2) is 11.0 Å². The van der Waals surface area contributed by atoms with E-state index >= 15 is 0 Å². The van der Waals surface area contributed by atoms with Crippen LogP contribution in [0.15, 0.2) is 66.7 Å². The SMILES string of the molecule is CC(C)C(NC(=O)c1ccccc1)c1c(O)ccc2ccccc12. The minimum absolute atomic E-state index is 0.134. The third-order valence-electron chi connectivity index (χ3n) is 4.25. The van der Waals surface area contributed by atoms with Crippen LogP contribution in [0.25, 0.3) is 10.8 Å². The average molecular weight is 319 g/mol. The zero-order chi connectivity index (χ0) is 17.1. The van der Waals surface area contributed by atoms with Crippen molar-refractivity contribution in [2.24, 2.45) is 5.92 Å². The van der Waals surface area contributed by atoms with E-state index in [0.717, 1.165) is 16.3 Å². The van der Waals surface area contributed by atoms with Gasteiger partial charge in [-0.15, -0.1) is 0 Å². The molecule has 122 valence electrons. The van der Waals surface area contributed by atoms with E-state index < -0.39 is 0 Å². The van der Waals surface area contributed by atoms with E-state index in [9.17, 15) is 9.90 Å². The number of hydrogen-bond acceptors (Lipinski definition) is 2. The summed E-state index contributed by atoms with van der Waals surface area (Å²) in [6, 6.07) is 20.4. The highest BCUT2D eigenvalue weighted by Crippen LogP contribution is 2.35. The fourth-order valence-corrected chi connectivity index (χ4v) is 3.00. The molecule has 24 heavy (non-hydrogen) atoms. The van der Waals surface area contributed by atoms with Crippen molar-refractivity contribution in [1.29, 1.82) is 0 Å². The standard InChI is InChI=1S/C21H21NO2/c1-14(2)20(22-21(24)16-9-4-3-5-10-16)19-17-11-7-6-8-15(17)12-13-18(19)23/h3-14,20,23H,1-2H3,(H,22,24). The maximum Gasteiger partial charge on any atom is 0.251 e. The Morgan fingerprint density at radius 2 is 1.58 bits per heavy atom. The maximum atomic E-state index is 12.6. The van der Waals surface area contributed by atoms with E-state index in [0.29, 0.717) is 5.56 Å². The zero-order valence-electron chi connectivity index (χ0n) is 13.9. The number of phenols is 1. The predicted octanol–water partition coefficient (Wildman–Crippen LogP) is 4.67. The number of benzene rings is 3. The minimum Gasteiger partial charge on any atom is -0.508 e. The molecule has 0 aromatic heterocycles. The van der Waals surface area contributed by atoms with Crippen molar-refractivity contribution in [1.82, 2.24) is 5.32 Å². The third kappa shape index (κ3) is 3.11. The number of fused-ring (bicyclic) bond motifs is 1. The second kappa shape index (κ2) is 6.75. The third-order valence-corrected chi connectivity index (χ3v) is 4.25. The second-order valence-corrected chi connectivity index (χ2v) is 6.28. The molecule has 2 N–H and O–H groups in total. The summed E-state index contributed by atoms with van der Waals surface area (Å²) in [5.74, 6) is 0.205. The van der Waals surface area contributed by atoms with Gasteiger partial charge >= 0.3 is 0 Å². The average Bonchev–Trinajstić information content (AvgIpc) is 2.60. The number of carbonyl (C=O) groups is 1. The van der Waals surface area contributed by atoms with Crippen molar-refractivity contribution in [3.05, 3.63) is 77.9 Å². The molecule has 0 saturated heterocycles. The van der Waals surface area contributed by atoms with Gasteiger partial charge in [-0.1, -0.05) is 62.4 Å². The number of aromatic hydroxyl groups is 1. The first-order valence-corrected chi connectivity index (χ1v) is 8.14. The molecule has 1 atom stereocenters. The van der Waals surface area contributed by atoms with E-state index in [-0.39, 0.29) is 23.6 Å². The summed E-state index contributed by atoms with van der Waals surface area (Å²) in [6.45, 7) is 4.08. The van der Waals surface area contributed by atoms with E-state index in [2.05, 4.69) is 5.32 Å². The number of rotatable bonds is 4. The van der Waals surface area contributed by atoms with Crippen LogP contribution in [-0.2, 0) is 0 Å². The summed E-state index contributed by atoms with van der Waals surface area (Å²) in [4.78, 5) is 12.6. The summed E-state index contributed by atoms with van der Waals surface area (Å²) in [6.07, 6.45) is 0. The van der Waals surface area contributed by atoms with Crippen LogP contribution in [0.2, 0.25) is 0 Å². The number of amides is 1. The van der Waals surface area contributed by atoms with Gasteiger partial charge in [0.2, 0.25) is 0 Å². The van der Waals surface area contributed by atoms with Gasteiger partial charge in [0, 0.05) is 11.1 Å². The molecule has 0 aliphatic rings. The largest absolute Gasteiger partial charge is 0.508 e. The summed E-state index contributed by atoms with van der Waals surface area (Å²) in [5, 5.41) is 15.6. The van der Waals surface area contributed by atoms with Crippen LogP contribution in [0.3, 0.4) is 0 Å². The van der Waals surface area contributed by atoms with Crippen LogP contribution < -0.4 is 5.32 Å². The molecule has 3 heteroatoms. The molecule has 3 nitrogen and oxygen atoms in total. The highest BCUT2D eigenvalue weighted by Gasteiger charge is 2.24. The molecule has 0 aliphatic carbocycles. The molecule has 1 unspecified atom stereocenters. The van der Waals surface area contributed by atoms with Crippen molar-refractivity contribution < 1.29 is 9.90 Å². The van der Waals surface area contributed by atoms with Crippen molar-refractivity contribution in [2.75, 3.05) is 0 Å². The molecule has 0 fully saturated rings. The van der Waals surface area contributed by atoms with Crippen molar-refractivity contribution >= 4 is 16.7 Å². The number of carbonyl (C=O) groups excluding carboxylic acids is 1. The van der Waals surface area contributed by atoms with Gasteiger partial charge in [0.05, 0.1) is 6.04 Å². The summed E-state index contributed by atoms with van der Waals surface area (Å²) < 4.78 is 0. The summed E-state index contributed by atoms with van der Waals surface area (Å²) in [7, 11) is 0. The van der Waals surface area contributed by atoms with Crippen LogP contribution >= 0.6 is 0 Å². The van der Waals surface area contributed by atoms with Gasteiger partial charge in [0.15, 0.2) is 0 Å². The van der Waals surface area contributed by atoms with Crippen molar-refractivity contribution in [3.8, 4) is 5.75 Å². The lowest BCUT2D eigenvalue weighted by molar-refractivity contribution is 0.0925. The maximum absolute atomic E-state index is 12.6. The molecule has 0 radical (unpaired) electrons. The van der Waals surface area contributed by atoms with Crippen LogP contribution in [0.5, 0.6) is 5.75 Å². The first kappa shape index (κ1) is 16.1. The molecule has 3 aromatic rings. The fraction of sp³-hybridized carbons (Fsp3) is 0.190. The zero-order valence-corrected chi connectivity index (χ0v) is 13.9. The number of nitrogens with one attached hydrogen (secondary N) is 1. The Labute approximate surface area is 142 Å². The van der Waals surface area contributed by atoms with Crippen molar-refractivity contribution in [3.63, 3.8) is 0 Å². The van der Waals surface area contributed by atoms with E-state index in [1.54, 1.807) is 18.2 Å². The van der Waals surface area contributed by atoms with E-state index in [1.807, 2.05) is 62.4 Å². The smallest absolute Gasteiger partial charge is 0.251 e. The van der Waals surface area contributed by atoms with E-state index in [1.165, 1.54) is 0 Å². The lowest BCUT2D eigenvalue weighted by Gasteiger charge is -2.25. The number of phenolic OH excluding ortho intramolecular Hbond substituents is 1. The van der Waals surface area contributed by atoms with Crippen molar-refractivity contribution in [2.45, 2.75) is 19.9 Å². The van der Waals surface area contributed by atoms with Gasteiger partial charge in [-0.2, -0.15) is 0 Å². The Morgan fingerprint density at radius 3 is 2.29 bits per heavy atom. The molecule has 0 bridgehead atoms. The van der Waals surface area contributed by atoms with Crippen LogP contribution in [0.1, 0.15) is 35.8 Å². The Kier molecular flexibility index (Phi) is 4.52. The van der Waals surface area contributed by atoms with Gasteiger partial charge in [-0.25, -0.2) is 0 Å². The topological polar surface area (TPSA) is 49.3 Å². The monoisotopic (exact) mass is 319 g/mol. The highest BCUT2D eigenvalue weighted by atomic mass is 16.3. The summed E-state index contributed by atoms with van der Waals surface area (Å²) in [5.41, 5.74) is 1.38. The molecule has 0 heterocycles. The van der Waals surface area contributed by atoms with Gasteiger partial charge in [-0.3, -0.25) is 4.79 Å². The Bertz CT molecular complexity index is 856. The van der Waals surface area contributed by atoms with Gasteiger partial charge in [0.25, 0.3) is 5.91 Å². The quantitative estimate of drug-likeness (QED) is 0.734. The highest BCUT2D eigenvalue weighted by molar-refractivity contribution is 5.95. The minimum atomic E-state index is -0.274. The first-order valence-electron chi connectivity index (χ1n) is 8.14. The molecular formula is C21H21NO2. The lowest BCUT2D eigenvalue weighted by Crippen LogP contribution is -2.32. The fourth-order valence-electron chi connectivity index (χ4n) is 3.00. The normalized spacial score (nSPS) is 12.3. The van der Waals surface area contributed by atoms with E-state index in [4.69, 9.17) is 0 Å².